The minimum Gasteiger partial charge on any atom is -0.496 e. The van der Waals surface area contributed by atoms with Crippen molar-refractivity contribution in [2.45, 2.75) is 13.0 Å². The van der Waals surface area contributed by atoms with Gasteiger partial charge in [0.2, 0.25) is 0 Å². The van der Waals surface area contributed by atoms with Crippen LogP contribution in [0.1, 0.15) is 24.1 Å². The van der Waals surface area contributed by atoms with E-state index >= 15 is 0 Å². The molecule has 2 rings (SSSR count). The topological polar surface area (TPSA) is 21.3 Å². The molecule has 1 N–H and O–H groups in total. The van der Waals surface area contributed by atoms with Gasteiger partial charge in [0.1, 0.15) is 5.75 Å². The van der Waals surface area contributed by atoms with Gasteiger partial charge in [-0.15, -0.1) is 0 Å². The molecule has 2 nitrogen and oxygen atoms in total. The Morgan fingerprint density at radius 1 is 1.14 bits per heavy atom. The van der Waals surface area contributed by atoms with Crippen molar-refractivity contribution in [2.75, 3.05) is 13.7 Å². The fourth-order valence-electron chi connectivity index (χ4n) is 2.23. The van der Waals surface area contributed by atoms with Gasteiger partial charge < -0.3 is 10.1 Å². The standard InChI is InChI=1S/C16H16BrF2NO/c1-3-20-16(10-4-6-13(18)14(19)8-10)12-9-11(17)5-7-15(12)21-2/h4-9,16,20H,3H2,1-2H3. The molecule has 1 unspecified atom stereocenters. The van der Waals surface area contributed by atoms with E-state index in [1.807, 2.05) is 25.1 Å². The molecular formula is C16H16BrF2NO. The summed E-state index contributed by atoms with van der Waals surface area (Å²) in [4.78, 5) is 0. The molecule has 0 aromatic heterocycles. The Morgan fingerprint density at radius 2 is 1.90 bits per heavy atom. The fourth-order valence-corrected chi connectivity index (χ4v) is 2.61. The van der Waals surface area contributed by atoms with Crippen LogP contribution in [0.5, 0.6) is 5.75 Å². The lowest BCUT2D eigenvalue weighted by atomic mass is 9.97. The van der Waals surface area contributed by atoms with Crippen LogP contribution in [0.15, 0.2) is 40.9 Å². The number of halogens is 3. The molecular weight excluding hydrogens is 340 g/mol. The fraction of sp³-hybridized carbons (Fsp3) is 0.250. The Balaban J connectivity index is 2.52. The summed E-state index contributed by atoms with van der Waals surface area (Å²) in [5.74, 6) is -1.02. The van der Waals surface area contributed by atoms with Gasteiger partial charge in [0, 0.05) is 10.0 Å². The molecule has 0 amide bonds. The Hall–Kier alpha value is -1.46. The van der Waals surface area contributed by atoms with E-state index in [9.17, 15) is 8.78 Å². The van der Waals surface area contributed by atoms with Crippen molar-refractivity contribution in [3.63, 3.8) is 0 Å². The summed E-state index contributed by atoms with van der Waals surface area (Å²) in [6, 6.07) is 9.26. The summed E-state index contributed by atoms with van der Waals surface area (Å²) in [7, 11) is 1.58. The molecule has 0 aliphatic rings. The number of nitrogens with one attached hydrogen (secondary N) is 1. The van der Waals surface area contributed by atoms with Gasteiger partial charge in [-0.1, -0.05) is 28.9 Å². The van der Waals surface area contributed by atoms with E-state index in [-0.39, 0.29) is 6.04 Å². The molecule has 0 heterocycles. The highest BCUT2D eigenvalue weighted by molar-refractivity contribution is 9.10. The van der Waals surface area contributed by atoms with E-state index in [1.54, 1.807) is 13.2 Å². The van der Waals surface area contributed by atoms with Gasteiger partial charge in [-0.25, -0.2) is 8.78 Å². The average Bonchev–Trinajstić information content (AvgIpc) is 2.48. The summed E-state index contributed by atoms with van der Waals surface area (Å²) in [6.07, 6.45) is 0. The van der Waals surface area contributed by atoms with Crippen molar-refractivity contribution in [1.29, 1.82) is 0 Å². The lowest BCUT2D eigenvalue weighted by Crippen LogP contribution is -2.22. The molecule has 5 heteroatoms. The highest BCUT2D eigenvalue weighted by atomic mass is 79.9. The second kappa shape index (κ2) is 7.00. The van der Waals surface area contributed by atoms with E-state index in [0.717, 1.165) is 16.1 Å². The minimum atomic E-state index is -0.857. The van der Waals surface area contributed by atoms with Crippen LogP contribution in [-0.4, -0.2) is 13.7 Å². The highest BCUT2D eigenvalue weighted by Gasteiger charge is 2.19. The van der Waals surface area contributed by atoms with E-state index in [4.69, 9.17) is 4.74 Å². The van der Waals surface area contributed by atoms with Gasteiger partial charge in [-0.2, -0.15) is 0 Å². The van der Waals surface area contributed by atoms with E-state index < -0.39 is 11.6 Å². The van der Waals surface area contributed by atoms with Gasteiger partial charge in [0.25, 0.3) is 0 Å². The second-order valence-corrected chi connectivity index (χ2v) is 5.47. The molecule has 1 atom stereocenters. The number of benzene rings is 2. The van der Waals surface area contributed by atoms with Crippen LogP contribution in [0.25, 0.3) is 0 Å². The van der Waals surface area contributed by atoms with Gasteiger partial charge in [-0.05, 0) is 42.4 Å². The van der Waals surface area contributed by atoms with Crippen LogP contribution in [0, 0.1) is 11.6 Å². The van der Waals surface area contributed by atoms with Gasteiger partial charge in [0.05, 0.1) is 13.2 Å². The predicted octanol–water partition coefficient (Wildman–Crippen LogP) is 4.43. The van der Waals surface area contributed by atoms with Gasteiger partial charge >= 0.3 is 0 Å². The SMILES string of the molecule is CCNC(c1ccc(F)c(F)c1)c1cc(Br)ccc1OC. The maximum atomic E-state index is 13.5. The third-order valence-corrected chi connectivity index (χ3v) is 3.68. The maximum Gasteiger partial charge on any atom is 0.159 e. The van der Waals surface area contributed by atoms with Crippen molar-refractivity contribution in [2.24, 2.45) is 0 Å². The molecule has 2 aromatic rings. The summed E-state index contributed by atoms with van der Waals surface area (Å²) in [5.41, 5.74) is 1.51. The summed E-state index contributed by atoms with van der Waals surface area (Å²) < 4.78 is 32.9. The molecule has 0 saturated carbocycles. The van der Waals surface area contributed by atoms with Crippen LogP contribution in [0.2, 0.25) is 0 Å². The zero-order chi connectivity index (χ0) is 15.4. The van der Waals surface area contributed by atoms with Crippen LogP contribution in [0.3, 0.4) is 0 Å². The Morgan fingerprint density at radius 3 is 2.52 bits per heavy atom. The maximum absolute atomic E-state index is 13.5. The largest absolute Gasteiger partial charge is 0.496 e. The molecule has 112 valence electrons. The van der Waals surface area contributed by atoms with Crippen molar-refractivity contribution in [3.8, 4) is 5.75 Å². The molecule has 0 saturated heterocycles. The number of ether oxygens (including phenoxy) is 1. The molecule has 2 aromatic carbocycles. The van der Waals surface area contributed by atoms with Crippen LogP contribution in [0.4, 0.5) is 8.78 Å². The zero-order valence-electron chi connectivity index (χ0n) is 11.8. The second-order valence-electron chi connectivity index (χ2n) is 4.55. The Bertz CT molecular complexity index is 634. The molecule has 0 aliphatic carbocycles. The number of rotatable bonds is 5. The third kappa shape index (κ3) is 3.60. The predicted molar refractivity (Wildman–Crippen MR) is 82.6 cm³/mol. The molecule has 21 heavy (non-hydrogen) atoms. The first-order valence-corrected chi connectivity index (χ1v) is 7.38. The van der Waals surface area contributed by atoms with Gasteiger partial charge in [0.15, 0.2) is 11.6 Å². The number of hydrogen-bond donors (Lipinski definition) is 1. The highest BCUT2D eigenvalue weighted by Crippen LogP contribution is 2.33. The first kappa shape index (κ1) is 15.9. The smallest absolute Gasteiger partial charge is 0.159 e. The summed E-state index contributed by atoms with van der Waals surface area (Å²) in [5, 5.41) is 3.27. The first-order chi connectivity index (χ1) is 10.1. The number of methoxy groups -OCH3 is 1. The summed E-state index contributed by atoms with van der Waals surface area (Å²) in [6.45, 7) is 2.64. The third-order valence-electron chi connectivity index (χ3n) is 3.19. The van der Waals surface area contributed by atoms with Crippen molar-refractivity contribution in [3.05, 3.63) is 63.6 Å². The minimum absolute atomic E-state index is 0.280. The summed E-state index contributed by atoms with van der Waals surface area (Å²) >= 11 is 3.43. The zero-order valence-corrected chi connectivity index (χ0v) is 13.4. The van der Waals surface area contributed by atoms with Crippen molar-refractivity contribution >= 4 is 15.9 Å². The Kier molecular flexibility index (Phi) is 5.31. The molecule has 0 radical (unpaired) electrons. The van der Waals surface area contributed by atoms with Crippen molar-refractivity contribution < 1.29 is 13.5 Å². The van der Waals surface area contributed by atoms with E-state index in [2.05, 4.69) is 21.2 Å². The molecule has 0 fully saturated rings. The van der Waals surface area contributed by atoms with Gasteiger partial charge in [-0.3, -0.25) is 0 Å². The average molecular weight is 356 g/mol. The van der Waals surface area contributed by atoms with Crippen LogP contribution in [-0.2, 0) is 0 Å². The lowest BCUT2D eigenvalue weighted by Gasteiger charge is -2.21. The van der Waals surface area contributed by atoms with Crippen LogP contribution < -0.4 is 10.1 Å². The number of hydrogen-bond acceptors (Lipinski definition) is 2. The van der Waals surface area contributed by atoms with Crippen LogP contribution >= 0.6 is 15.9 Å². The quantitative estimate of drug-likeness (QED) is 0.856. The lowest BCUT2D eigenvalue weighted by molar-refractivity contribution is 0.404. The van der Waals surface area contributed by atoms with E-state index in [0.29, 0.717) is 17.9 Å². The first-order valence-electron chi connectivity index (χ1n) is 6.58. The Labute approximate surface area is 131 Å². The molecule has 0 spiro atoms. The molecule has 0 bridgehead atoms. The van der Waals surface area contributed by atoms with E-state index in [1.165, 1.54) is 6.07 Å². The van der Waals surface area contributed by atoms with Crippen molar-refractivity contribution in [1.82, 2.24) is 5.32 Å². The molecule has 0 aliphatic heterocycles. The monoisotopic (exact) mass is 355 g/mol. The normalized spacial score (nSPS) is 12.2.